The lowest BCUT2D eigenvalue weighted by Crippen LogP contribution is -2.15. The number of aromatic nitrogens is 3. The van der Waals surface area contributed by atoms with Gasteiger partial charge in [-0.05, 0) is 41.9 Å². The molecule has 2 aromatic rings. The molecule has 92 valence electrons. The van der Waals surface area contributed by atoms with Gasteiger partial charge in [0.1, 0.15) is 4.60 Å². The molecule has 0 fully saturated rings. The summed E-state index contributed by atoms with van der Waals surface area (Å²) in [6, 6.07) is 3.55. The van der Waals surface area contributed by atoms with Crippen LogP contribution in [-0.2, 0) is 0 Å². The van der Waals surface area contributed by atoms with Crippen molar-refractivity contribution in [1.82, 2.24) is 15.0 Å². The molecule has 0 saturated heterocycles. The van der Waals surface area contributed by atoms with Crippen LogP contribution in [0.25, 0.3) is 0 Å². The van der Waals surface area contributed by atoms with Gasteiger partial charge >= 0.3 is 0 Å². The molecule has 1 N–H and O–H groups in total. The summed E-state index contributed by atoms with van der Waals surface area (Å²) in [6.07, 6.45) is 3.01. The minimum absolute atomic E-state index is 0.239. The van der Waals surface area contributed by atoms with Gasteiger partial charge in [-0.25, -0.2) is 9.97 Å². The number of pyridine rings is 1. The smallest absolute Gasteiger partial charge is 0.258 e. The molecule has 0 atom stereocenters. The molecule has 0 radical (unpaired) electrons. The highest BCUT2D eigenvalue weighted by atomic mass is 79.9. The standard InChI is InChI=1S/C12H11BrN4O/c1-7-3-4-9(8(2)16-7)12(18)17-11-6-14-10(13)5-15-11/h3-6H,1-2H3,(H,15,17,18). The van der Waals surface area contributed by atoms with Gasteiger partial charge in [0.05, 0.1) is 23.7 Å². The number of carbonyl (C=O) groups excluding carboxylic acids is 1. The molecular formula is C12H11BrN4O. The summed E-state index contributed by atoms with van der Waals surface area (Å²) in [5.74, 6) is 0.166. The molecule has 0 spiro atoms. The Balaban J connectivity index is 2.19. The number of nitrogens with zero attached hydrogens (tertiary/aromatic N) is 3. The van der Waals surface area contributed by atoms with Gasteiger partial charge in [0.2, 0.25) is 0 Å². The second-order valence-electron chi connectivity index (χ2n) is 3.76. The highest BCUT2D eigenvalue weighted by Crippen LogP contribution is 2.11. The van der Waals surface area contributed by atoms with E-state index in [-0.39, 0.29) is 5.91 Å². The number of anilines is 1. The molecule has 6 heteroatoms. The van der Waals surface area contributed by atoms with E-state index in [0.29, 0.717) is 21.7 Å². The van der Waals surface area contributed by atoms with Crippen LogP contribution >= 0.6 is 15.9 Å². The van der Waals surface area contributed by atoms with Crippen LogP contribution in [0.2, 0.25) is 0 Å². The number of halogens is 1. The van der Waals surface area contributed by atoms with Crippen molar-refractivity contribution in [2.75, 3.05) is 5.32 Å². The third-order valence-electron chi connectivity index (χ3n) is 2.33. The van der Waals surface area contributed by atoms with Crippen molar-refractivity contribution in [3.8, 4) is 0 Å². The fourth-order valence-electron chi connectivity index (χ4n) is 1.49. The minimum atomic E-state index is -0.239. The third-order valence-corrected chi connectivity index (χ3v) is 2.74. The summed E-state index contributed by atoms with van der Waals surface area (Å²) in [4.78, 5) is 24.3. The Labute approximate surface area is 113 Å². The SMILES string of the molecule is Cc1ccc(C(=O)Nc2cnc(Br)cn2)c(C)n1. The highest BCUT2D eigenvalue weighted by molar-refractivity contribution is 9.10. The zero-order valence-corrected chi connectivity index (χ0v) is 11.5. The summed E-state index contributed by atoms with van der Waals surface area (Å²) >= 11 is 3.18. The van der Waals surface area contributed by atoms with Crippen LogP contribution in [0, 0.1) is 13.8 Å². The Morgan fingerprint density at radius 2 is 2.00 bits per heavy atom. The van der Waals surface area contributed by atoms with E-state index in [9.17, 15) is 4.79 Å². The molecule has 1 amide bonds. The molecule has 18 heavy (non-hydrogen) atoms. The van der Waals surface area contributed by atoms with Crippen molar-refractivity contribution < 1.29 is 4.79 Å². The average molecular weight is 307 g/mol. The summed E-state index contributed by atoms with van der Waals surface area (Å²) in [6.45, 7) is 3.68. The second kappa shape index (κ2) is 5.22. The lowest BCUT2D eigenvalue weighted by molar-refractivity contribution is 0.102. The van der Waals surface area contributed by atoms with Gasteiger partial charge in [-0.1, -0.05) is 0 Å². The molecule has 5 nitrogen and oxygen atoms in total. The average Bonchev–Trinajstić information content (AvgIpc) is 2.32. The molecule has 0 aromatic carbocycles. The molecule has 0 bridgehead atoms. The first-order chi connectivity index (χ1) is 8.56. The zero-order valence-electron chi connectivity index (χ0n) is 9.94. The van der Waals surface area contributed by atoms with E-state index in [1.165, 1.54) is 12.4 Å². The van der Waals surface area contributed by atoms with Crippen molar-refractivity contribution >= 4 is 27.7 Å². The molecule has 0 aliphatic carbocycles. The predicted molar refractivity (Wildman–Crippen MR) is 71.4 cm³/mol. The van der Waals surface area contributed by atoms with Crippen LogP contribution in [0.1, 0.15) is 21.7 Å². The first-order valence-electron chi connectivity index (χ1n) is 5.29. The third kappa shape index (κ3) is 2.89. The van der Waals surface area contributed by atoms with Crippen LogP contribution in [0.5, 0.6) is 0 Å². The van der Waals surface area contributed by atoms with E-state index in [4.69, 9.17) is 0 Å². The van der Waals surface area contributed by atoms with E-state index < -0.39 is 0 Å². The van der Waals surface area contributed by atoms with E-state index >= 15 is 0 Å². The van der Waals surface area contributed by atoms with Gasteiger partial charge in [-0.15, -0.1) is 0 Å². The molecule has 0 saturated carbocycles. The summed E-state index contributed by atoms with van der Waals surface area (Å²) in [5, 5.41) is 2.67. The number of aryl methyl sites for hydroxylation is 2. The number of amides is 1. The van der Waals surface area contributed by atoms with Crippen LogP contribution in [0.3, 0.4) is 0 Å². The van der Waals surface area contributed by atoms with Crippen LogP contribution in [-0.4, -0.2) is 20.9 Å². The monoisotopic (exact) mass is 306 g/mol. The molecule has 2 heterocycles. The van der Waals surface area contributed by atoms with Crippen molar-refractivity contribution in [2.24, 2.45) is 0 Å². The van der Waals surface area contributed by atoms with E-state index in [1.54, 1.807) is 19.1 Å². The van der Waals surface area contributed by atoms with Crippen molar-refractivity contribution in [3.63, 3.8) is 0 Å². The second-order valence-corrected chi connectivity index (χ2v) is 4.58. The first kappa shape index (κ1) is 12.6. The number of hydrogen-bond donors (Lipinski definition) is 1. The normalized spacial score (nSPS) is 10.2. The maximum absolute atomic E-state index is 12.0. The van der Waals surface area contributed by atoms with E-state index in [0.717, 1.165) is 5.69 Å². The fraction of sp³-hybridized carbons (Fsp3) is 0.167. The number of nitrogens with one attached hydrogen (secondary N) is 1. The first-order valence-corrected chi connectivity index (χ1v) is 6.08. The molecule has 2 rings (SSSR count). The summed E-state index contributed by atoms with van der Waals surface area (Å²) in [7, 11) is 0. The quantitative estimate of drug-likeness (QED) is 0.925. The Hall–Kier alpha value is -1.82. The topological polar surface area (TPSA) is 67.8 Å². The fourth-order valence-corrected chi connectivity index (χ4v) is 1.69. The molecule has 0 unspecified atom stereocenters. The summed E-state index contributed by atoms with van der Waals surface area (Å²) in [5.41, 5.74) is 2.11. The summed E-state index contributed by atoms with van der Waals surface area (Å²) < 4.78 is 0.619. The van der Waals surface area contributed by atoms with Gasteiger partial charge in [0.15, 0.2) is 5.82 Å². The zero-order chi connectivity index (χ0) is 13.1. The van der Waals surface area contributed by atoms with E-state index in [2.05, 4.69) is 36.2 Å². The maximum atomic E-state index is 12.0. The van der Waals surface area contributed by atoms with Crippen molar-refractivity contribution in [1.29, 1.82) is 0 Å². The Morgan fingerprint density at radius 1 is 1.22 bits per heavy atom. The minimum Gasteiger partial charge on any atom is -0.305 e. The van der Waals surface area contributed by atoms with E-state index in [1.807, 2.05) is 6.92 Å². The maximum Gasteiger partial charge on any atom is 0.258 e. The molecule has 0 aliphatic rings. The lowest BCUT2D eigenvalue weighted by Gasteiger charge is -2.06. The Kier molecular flexibility index (Phi) is 3.66. The lowest BCUT2D eigenvalue weighted by atomic mass is 10.2. The number of hydrogen-bond acceptors (Lipinski definition) is 4. The highest BCUT2D eigenvalue weighted by Gasteiger charge is 2.10. The van der Waals surface area contributed by atoms with Gasteiger partial charge in [0, 0.05) is 5.69 Å². The molecule has 2 aromatic heterocycles. The largest absolute Gasteiger partial charge is 0.305 e. The Bertz CT molecular complexity index is 583. The molecule has 0 aliphatic heterocycles. The van der Waals surface area contributed by atoms with Crippen molar-refractivity contribution in [3.05, 3.63) is 46.1 Å². The van der Waals surface area contributed by atoms with Crippen molar-refractivity contribution in [2.45, 2.75) is 13.8 Å². The van der Waals surface area contributed by atoms with Crippen LogP contribution in [0.4, 0.5) is 5.82 Å². The van der Waals surface area contributed by atoms with Crippen LogP contribution < -0.4 is 5.32 Å². The van der Waals surface area contributed by atoms with Gasteiger partial charge in [-0.3, -0.25) is 9.78 Å². The molecular weight excluding hydrogens is 296 g/mol. The predicted octanol–water partition coefficient (Wildman–Crippen LogP) is 2.50. The number of rotatable bonds is 2. The van der Waals surface area contributed by atoms with Crippen LogP contribution in [0.15, 0.2) is 29.1 Å². The van der Waals surface area contributed by atoms with Gasteiger partial charge < -0.3 is 5.32 Å². The number of carbonyl (C=O) groups is 1. The van der Waals surface area contributed by atoms with Gasteiger partial charge in [0.25, 0.3) is 5.91 Å². The van der Waals surface area contributed by atoms with Gasteiger partial charge in [-0.2, -0.15) is 0 Å². The Morgan fingerprint density at radius 3 is 2.61 bits per heavy atom.